The lowest BCUT2D eigenvalue weighted by Crippen LogP contribution is -2.49. The van der Waals surface area contributed by atoms with E-state index in [4.69, 9.17) is 4.74 Å². The molecule has 2 saturated heterocycles. The number of sulfonamides is 2. The van der Waals surface area contributed by atoms with Crippen molar-refractivity contribution >= 4 is 53.0 Å². The molecular weight excluding hydrogens is 935 g/mol. The smallest absolute Gasteiger partial charge is 0.417 e. The maximum Gasteiger partial charge on any atom is 0.417 e. The normalized spacial score (nSPS) is 15.7. The average Bonchev–Trinajstić information content (AvgIpc) is 3.96. The summed E-state index contributed by atoms with van der Waals surface area (Å²) in [5, 5.41) is 5.50. The number of alkyl halides is 6. The van der Waals surface area contributed by atoms with Gasteiger partial charge in [-0.3, -0.25) is 0 Å². The topological polar surface area (TPSA) is 116 Å². The summed E-state index contributed by atoms with van der Waals surface area (Å²) < 4.78 is 139. The fraction of sp³-hybridized carbons (Fsp3) is 0.318. The number of ether oxygens (including phenoxy) is 1. The van der Waals surface area contributed by atoms with Crippen LogP contribution in [0.4, 0.5) is 36.6 Å². The van der Waals surface area contributed by atoms with E-state index >= 15 is 0 Å². The Hall–Kier alpha value is -5.06. The van der Waals surface area contributed by atoms with Crippen LogP contribution in [-0.2, 0) is 45.2 Å². The van der Waals surface area contributed by atoms with Gasteiger partial charge in [0.15, 0.2) is 10.3 Å². The summed E-state index contributed by atoms with van der Waals surface area (Å²) >= 11 is 2.95. The summed E-state index contributed by atoms with van der Waals surface area (Å²) in [4.78, 5) is 11.9. The van der Waals surface area contributed by atoms with Crippen LogP contribution in [0.25, 0.3) is 0 Å². The van der Waals surface area contributed by atoms with Gasteiger partial charge in [-0.2, -0.15) is 35.0 Å². The molecule has 6 aromatic rings. The van der Waals surface area contributed by atoms with Gasteiger partial charge in [0.25, 0.3) is 0 Å². The molecule has 0 bridgehead atoms. The van der Waals surface area contributed by atoms with E-state index in [0.717, 1.165) is 65.8 Å². The Morgan fingerprint density at radius 2 is 0.985 bits per heavy atom. The highest BCUT2D eigenvalue weighted by atomic mass is 32.2. The molecule has 4 aromatic carbocycles. The number of piperazine rings is 2. The average molecular weight is 979 g/mol. The van der Waals surface area contributed by atoms with Gasteiger partial charge in [-0.15, -0.1) is 22.7 Å². The molecule has 346 valence electrons. The molecule has 0 aliphatic carbocycles. The largest absolute Gasteiger partial charge is 0.497 e. The highest BCUT2D eigenvalue weighted by Crippen LogP contribution is 2.37. The molecule has 0 N–H and O–H groups in total. The van der Waals surface area contributed by atoms with Crippen LogP contribution < -0.4 is 14.5 Å². The minimum absolute atomic E-state index is 0.0827. The zero-order valence-electron chi connectivity index (χ0n) is 35.1. The van der Waals surface area contributed by atoms with E-state index < -0.39 is 53.3 Å². The molecule has 0 atom stereocenters. The van der Waals surface area contributed by atoms with E-state index in [1.807, 2.05) is 63.9 Å². The maximum atomic E-state index is 13.3. The first-order valence-electron chi connectivity index (χ1n) is 20.2. The standard InChI is InChI=1S/C22H22F3N3O3S2.C22H22F3N3O2S2/c1-31-18-6-4-5-16(14-18)13-17-15-32-21(26-17)27-9-11-28(12-10-27)33(29,30)20-8-3-2-7-19(20)22(23,24)25;1-16-5-4-6-17(13-16)14-18-15-31-21(26-18)27-9-11-28(12-10-27)32(29,30)20-8-3-2-7-19(20)22(23,24)25/h2-8,14-15H,9-13H2,1H3;2-8,13,15H,9-12,14H2,1H3. The van der Waals surface area contributed by atoms with E-state index in [0.29, 0.717) is 39.0 Å². The number of anilines is 2. The third-order valence-electron chi connectivity index (χ3n) is 10.7. The van der Waals surface area contributed by atoms with Gasteiger partial charge in [0.1, 0.15) is 5.75 Å². The molecule has 21 heteroatoms. The van der Waals surface area contributed by atoms with Gasteiger partial charge in [-0.1, -0.05) is 66.2 Å². The van der Waals surface area contributed by atoms with Gasteiger partial charge < -0.3 is 14.5 Å². The summed E-state index contributed by atoms with van der Waals surface area (Å²) in [5.41, 5.74) is 2.95. The SMILES string of the molecule is COc1cccc(Cc2csc(N3CCN(S(=O)(=O)c4ccccc4C(F)(F)F)CC3)n2)c1.Cc1cccc(Cc2csc(N3CCN(S(=O)(=O)c4ccccc4C(F)(F)F)CC3)n2)c1. The van der Waals surface area contributed by atoms with Crippen molar-refractivity contribution in [3.8, 4) is 5.75 Å². The van der Waals surface area contributed by atoms with Crippen LogP contribution in [0, 0.1) is 6.92 Å². The number of hydrogen-bond donors (Lipinski definition) is 0. The molecule has 0 saturated carbocycles. The van der Waals surface area contributed by atoms with Crippen LogP contribution in [0.2, 0.25) is 0 Å². The van der Waals surface area contributed by atoms with E-state index in [1.165, 1.54) is 58.1 Å². The van der Waals surface area contributed by atoms with Crippen molar-refractivity contribution in [3.63, 3.8) is 0 Å². The lowest BCUT2D eigenvalue weighted by molar-refractivity contribution is -0.140. The predicted octanol–water partition coefficient (Wildman–Crippen LogP) is 8.84. The third kappa shape index (κ3) is 11.5. The van der Waals surface area contributed by atoms with E-state index in [2.05, 4.69) is 22.1 Å². The molecule has 4 heterocycles. The Bertz CT molecular complexity index is 2800. The van der Waals surface area contributed by atoms with Crippen LogP contribution in [0.1, 0.15) is 39.2 Å². The zero-order chi connectivity index (χ0) is 46.6. The first-order valence-corrected chi connectivity index (χ1v) is 24.9. The van der Waals surface area contributed by atoms with Gasteiger partial charge in [0, 0.05) is 76.0 Å². The lowest BCUT2D eigenvalue weighted by atomic mass is 10.1. The first-order chi connectivity index (χ1) is 30.8. The quantitative estimate of drug-likeness (QED) is 0.118. The van der Waals surface area contributed by atoms with Crippen molar-refractivity contribution in [1.29, 1.82) is 0 Å². The third-order valence-corrected chi connectivity index (χ3v) is 16.5. The van der Waals surface area contributed by atoms with E-state index in [-0.39, 0.29) is 26.2 Å². The Labute approximate surface area is 381 Å². The Morgan fingerprint density at radius 3 is 1.40 bits per heavy atom. The molecule has 2 fully saturated rings. The predicted molar refractivity (Wildman–Crippen MR) is 239 cm³/mol. The van der Waals surface area contributed by atoms with Gasteiger partial charge >= 0.3 is 12.4 Å². The summed E-state index contributed by atoms with van der Waals surface area (Å²) in [6, 6.07) is 24.5. The van der Waals surface area contributed by atoms with Crippen molar-refractivity contribution in [2.45, 2.75) is 41.9 Å². The van der Waals surface area contributed by atoms with Crippen molar-refractivity contribution in [1.82, 2.24) is 18.6 Å². The molecule has 0 unspecified atom stereocenters. The monoisotopic (exact) mass is 978 g/mol. The number of nitrogens with zero attached hydrogens (tertiary/aromatic N) is 6. The molecule has 0 spiro atoms. The molecular formula is C44H44F6N6O5S4. The number of aryl methyl sites for hydroxylation is 1. The summed E-state index contributed by atoms with van der Waals surface area (Å²) in [5.74, 6) is 0.771. The van der Waals surface area contributed by atoms with Gasteiger partial charge in [-0.05, 0) is 54.4 Å². The number of benzene rings is 4. The Balaban J connectivity index is 0.000000194. The van der Waals surface area contributed by atoms with Crippen LogP contribution in [-0.4, -0.2) is 94.9 Å². The number of thiazole rings is 2. The van der Waals surface area contributed by atoms with Gasteiger partial charge in [0.2, 0.25) is 20.0 Å². The van der Waals surface area contributed by atoms with Crippen LogP contribution >= 0.6 is 22.7 Å². The molecule has 0 radical (unpaired) electrons. The number of methoxy groups -OCH3 is 1. The molecule has 2 aliphatic rings. The van der Waals surface area contributed by atoms with Crippen LogP contribution in [0.5, 0.6) is 5.75 Å². The van der Waals surface area contributed by atoms with E-state index in [9.17, 15) is 43.2 Å². The second kappa shape index (κ2) is 19.8. The fourth-order valence-electron chi connectivity index (χ4n) is 7.44. The zero-order valence-corrected chi connectivity index (χ0v) is 38.4. The number of hydrogen-bond acceptors (Lipinski definition) is 11. The van der Waals surface area contributed by atoms with Crippen molar-refractivity contribution in [2.75, 3.05) is 69.3 Å². The van der Waals surface area contributed by atoms with Crippen LogP contribution in [0.3, 0.4) is 0 Å². The molecule has 0 amide bonds. The molecule has 65 heavy (non-hydrogen) atoms. The molecule has 8 rings (SSSR count). The lowest BCUT2D eigenvalue weighted by Gasteiger charge is -2.34. The highest BCUT2D eigenvalue weighted by Gasteiger charge is 2.41. The summed E-state index contributed by atoms with van der Waals surface area (Å²) in [7, 11) is -6.90. The Morgan fingerprint density at radius 1 is 0.569 bits per heavy atom. The molecule has 2 aromatic heterocycles. The molecule has 2 aliphatic heterocycles. The van der Waals surface area contributed by atoms with Crippen molar-refractivity contribution in [2.24, 2.45) is 0 Å². The van der Waals surface area contributed by atoms with Crippen LogP contribution in [0.15, 0.2) is 118 Å². The first kappa shape index (κ1) is 47.9. The van der Waals surface area contributed by atoms with Gasteiger partial charge in [-0.25, -0.2) is 26.8 Å². The maximum absolute atomic E-state index is 13.3. The molecule has 11 nitrogen and oxygen atoms in total. The summed E-state index contributed by atoms with van der Waals surface area (Å²) in [6.45, 7) is 3.83. The number of rotatable bonds is 11. The van der Waals surface area contributed by atoms with Crippen molar-refractivity contribution < 1.29 is 47.9 Å². The summed E-state index contributed by atoms with van der Waals surface area (Å²) in [6.07, 6.45) is -8.14. The van der Waals surface area contributed by atoms with Gasteiger partial charge in [0.05, 0.1) is 39.4 Å². The Kier molecular flexibility index (Phi) is 14.6. The minimum Gasteiger partial charge on any atom is -0.497 e. The van der Waals surface area contributed by atoms with E-state index in [1.54, 1.807) is 7.11 Å². The minimum atomic E-state index is -4.74. The second-order valence-corrected chi connectivity index (χ2v) is 20.7. The van der Waals surface area contributed by atoms with Crippen molar-refractivity contribution in [3.05, 3.63) is 147 Å². The number of aromatic nitrogens is 2. The fourth-order valence-corrected chi connectivity index (χ4v) is 12.5. The highest BCUT2D eigenvalue weighted by molar-refractivity contribution is 7.89. The number of halogens is 6. The second-order valence-electron chi connectivity index (χ2n) is 15.2.